The van der Waals surface area contributed by atoms with E-state index in [2.05, 4.69) is 19.2 Å². The van der Waals surface area contributed by atoms with Gasteiger partial charge in [0.25, 0.3) is 11.8 Å². The number of nitrogens with two attached hydrogens (primary N) is 1. The Bertz CT molecular complexity index is 741. The normalized spacial score (nSPS) is 12.9. The molecule has 132 valence electrons. The van der Waals surface area contributed by atoms with Crippen LogP contribution < -0.4 is 15.8 Å². The van der Waals surface area contributed by atoms with E-state index in [0.29, 0.717) is 17.4 Å². The maximum Gasteiger partial charge on any atom is 0.265 e. The second-order valence-corrected chi connectivity index (χ2v) is 6.04. The molecule has 0 unspecified atom stereocenters. The van der Waals surface area contributed by atoms with Crippen molar-refractivity contribution in [3.63, 3.8) is 0 Å². The van der Waals surface area contributed by atoms with Gasteiger partial charge < -0.3 is 15.8 Å². The minimum absolute atomic E-state index is 0.250. The maximum absolute atomic E-state index is 12.3. The zero-order valence-electron chi connectivity index (χ0n) is 14.8. The highest BCUT2D eigenvalue weighted by atomic mass is 16.5. The molecule has 0 aliphatic heterocycles. The highest BCUT2D eigenvalue weighted by Gasteiger charge is 2.18. The first-order chi connectivity index (χ1) is 11.9. The van der Waals surface area contributed by atoms with Gasteiger partial charge in [-0.2, -0.15) is 0 Å². The van der Waals surface area contributed by atoms with Crippen molar-refractivity contribution in [3.8, 4) is 5.75 Å². The molecule has 0 aliphatic rings. The highest BCUT2D eigenvalue weighted by Crippen LogP contribution is 2.21. The number of nitrogens with one attached hydrogen (secondary N) is 1. The number of ether oxygens (including phenoxy) is 1. The van der Waals surface area contributed by atoms with Gasteiger partial charge in [0.15, 0.2) is 6.10 Å². The first-order valence-electron chi connectivity index (χ1n) is 8.38. The van der Waals surface area contributed by atoms with Crippen molar-refractivity contribution in [2.24, 2.45) is 5.73 Å². The van der Waals surface area contributed by atoms with E-state index in [9.17, 15) is 9.59 Å². The van der Waals surface area contributed by atoms with E-state index in [0.717, 1.165) is 6.42 Å². The Morgan fingerprint density at radius 3 is 2.32 bits per heavy atom. The molecule has 2 amide bonds. The lowest BCUT2D eigenvalue weighted by molar-refractivity contribution is -0.122. The third-order valence-electron chi connectivity index (χ3n) is 4.19. The van der Waals surface area contributed by atoms with E-state index in [1.165, 1.54) is 5.56 Å². The summed E-state index contributed by atoms with van der Waals surface area (Å²) in [6.07, 6.45) is 0.297. The Labute approximate surface area is 148 Å². The molecule has 0 bridgehead atoms. The highest BCUT2D eigenvalue weighted by molar-refractivity contribution is 5.96. The van der Waals surface area contributed by atoms with Crippen LogP contribution in [0, 0.1) is 0 Å². The minimum Gasteiger partial charge on any atom is -0.480 e. The van der Waals surface area contributed by atoms with Gasteiger partial charge in [0.1, 0.15) is 5.75 Å². The van der Waals surface area contributed by atoms with Gasteiger partial charge >= 0.3 is 0 Å². The monoisotopic (exact) mass is 340 g/mol. The number of hydrogen-bond donors (Lipinski definition) is 2. The van der Waals surface area contributed by atoms with E-state index >= 15 is 0 Å². The fraction of sp³-hybridized carbons (Fsp3) is 0.300. The summed E-state index contributed by atoms with van der Waals surface area (Å²) in [5.74, 6) is -0.110. The van der Waals surface area contributed by atoms with Gasteiger partial charge in [-0.25, -0.2) is 0 Å². The Morgan fingerprint density at radius 2 is 1.72 bits per heavy atom. The average Bonchev–Trinajstić information content (AvgIpc) is 2.61. The summed E-state index contributed by atoms with van der Waals surface area (Å²) < 4.78 is 5.61. The van der Waals surface area contributed by atoms with E-state index in [1.807, 2.05) is 24.3 Å². The van der Waals surface area contributed by atoms with Crippen LogP contribution in [0.25, 0.3) is 0 Å². The van der Waals surface area contributed by atoms with Crippen LogP contribution in [0.3, 0.4) is 0 Å². The molecular formula is C20H24N2O3. The first-order valence-corrected chi connectivity index (χ1v) is 8.38. The van der Waals surface area contributed by atoms with Crippen LogP contribution in [0.5, 0.6) is 5.75 Å². The quantitative estimate of drug-likeness (QED) is 0.806. The van der Waals surface area contributed by atoms with Gasteiger partial charge in [0, 0.05) is 5.69 Å². The summed E-state index contributed by atoms with van der Waals surface area (Å²) >= 11 is 0. The number of hydrogen-bond acceptors (Lipinski definition) is 3. The SMILES string of the molecule is CC[C@@H](C)c1ccc(NC(=O)[C@@H](C)Oc2ccccc2C(N)=O)cc1. The number of benzene rings is 2. The van der Waals surface area contributed by atoms with Crippen molar-refractivity contribution < 1.29 is 14.3 Å². The molecule has 25 heavy (non-hydrogen) atoms. The second kappa shape index (κ2) is 8.33. The Kier molecular flexibility index (Phi) is 6.17. The van der Waals surface area contributed by atoms with Crippen molar-refractivity contribution >= 4 is 17.5 Å². The predicted molar refractivity (Wildman–Crippen MR) is 98.8 cm³/mol. The Balaban J connectivity index is 2.02. The lowest BCUT2D eigenvalue weighted by Crippen LogP contribution is -2.30. The number of para-hydroxylation sites is 1. The molecule has 0 saturated heterocycles. The third-order valence-corrected chi connectivity index (χ3v) is 4.19. The zero-order chi connectivity index (χ0) is 18.4. The molecule has 0 fully saturated rings. The zero-order valence-corrected chi connectivity index (χ0v) is 14.8. The van der Waals surface area contributed by atoms with Gasteiger partial charge in [0.2, 0.25) is 0 Å². The van der Waals surface area contributed by atoms with Crippen LogP contribution in [0.15, 0.2) is 48.5 Å². The molecule has 0 heterocycles. The van der Waals surface area contributed by atoms with Crippen molar-refractivity contribution in [3.05, 3.63) is 59.7 Å². The standard InChI is InChI=1S/C20H24N2O3/c1-4-13(2)15-9-11-16(12-10-15)22-20(24)14(3)25-18-8-6-5-7-17(18)19(21)23/h5-14H,4H2,1-3H3,(H2,21,23)(H,22,24)/t13-,14-/m1/s1. The Hall–Kier alpha value is -2.82. The minimum atomic E-state index is -0.769. The van der Waals surface area contributed by atoms with Gasteiger partial charge in [-0.1, -0.05) is 38.1 Å². The van der Waals surface area contributed by atoms with Crippen molar-refractivity contribution in [2.45, 2.75) is 39.2 Å². The number of primary amides is 1. The second-order valence-electron chi connectivity index (χ2n) is 6.04. The summed E-state index contributed by atoms with van der Waals surface area (Å²) in [5, 5.41) is 2.81. The first kappa shape index (κ1) is 18.5. The summed E-state index contributed by atoms with van der Waals surface area (Å²) in [7, 11) is 0. The predicted octanol–water partition coefficient (Wildman–Crippen LogP) is 3.71. The number of carbonyl (C=O) groups excluding carboxylic acids is 2. The van der Waals surface area contributed by atoms with E-state index in [4.69, 9.17) is 10.5 Å². The van der Waals surface area contributed by atoms with Gasteiger partial charge in [-0.05, 0) is 49.1 Å². The van der Waals surface area contributed by atoms with E-state index in [-0.39, 0.29) is 11.5 Å². The molecule has 2 rings (SSSR count). The van der Waals surface area contributed by atoms with Crippen LogP contribution in [0.4, 0.5) is 5.69 Å². The number of amides is 2. The number of rotatable bonds is 7. The van der Waals surface area contributed by atoms with Gasteiger partial charge in [0.05, 0.1) is 5.56 Å². The summed E-state index contributed by atoms with van der Waals surface area (Å²) in [6.45, 7) is 5.93. The molecule has 2 aromatic rings. The summed E-state index contributed by atoms with van der Waals surface area (Å²) in [5.41, 5.74) is 7.51. The lowest BCUT2D eigenvalue weighted by Gasteiger charge is -2.17. The van der Waals surface area contributed by atoms with Gasteiger partial charge in [-0.15, -0.1) is 0 Å². The molecule has 0 aliphatic carbocycles. The molecule has 0 radical (unpaired) electrons. The molecule has 2 aromatic carbocycles. The molecule has 0 saturated carbocycles. The molecule has 0 aromatic heterocycles. The summed E-state index contributed by atoms with van der Waals surface area (Å²) in [6, 6.07) is 14.4. The maximum atomic E-state index is 12.3. The van der Waals surface area contributed by atoms with Crippen molar-refractivity contribution in [2.75, 3.05) is 5.32 Å². The van der Waals surface area contributed by atoms with Crippen LogP contribution in [0.1, 0.15) is 49.0 Å². The third kappa shape index (κ3) is 4.83. The largest absolute Gasteiger partial charge is 0.480 e. The van der Waals surface area contributed by atoms with Gasteiger partial charge in [-0.3, -0.25) is 9.59 Å². The number of anilines is 1. The van der Waals surface area contributed by atoms with Crippen LogP contribution in [0.2, 0.25) is 0 Å². The molecule has 2 atom stereocenters. The smallest absolute Gasteiger partial charge is 0.265 e. The Morgan fingerprint density at radius 1 is 1.08 bits per heavy atom. The average molecular weight is 340 g/mol. The van der Waals surface area contributed by atoms with Crippen LogP contribution >= 0.6 is 0 Å². The molecule has 0 spiro atoms. The van der Waals surface area contributed by atoms with Crippen molar-refractivity contribution in [1.82, 2.24) is 0 Å². The molecule has 5 heteroatoms. The van der Waals surface area contributed by atoms with E-state index < -0.39 is 12.0 Å². The summed E-state index contributed by atoms with van der Waals surface area (Å²) in [4.78, 5) is 23.7. The topological polar surface area (TPSA) is 81.4 Å². The fourth-order valence-corrected chi connectivity index (χ4v) is 2.39. The molecule has 3 N–H and O–H groups in total. The number of carbonyl (C=O) groups is 2. The lowest BCUT2D eigenvalue weighted by atomic mass is 9.99. The van der Waals surface area contributed by atoms with E-state index in [1.54, 1.807) is 31.2 Å². The fourth-order valence-electron chi connectivity index (χ4n) is 2.39. The van der Waals surface area contributed by atoms with Crippen molar-refractivity contribution in [1.29, 1.82) is 0 Å². The van der Waals surface area contributed by atoms with Crippen LogP contribution in [-0.2, 0) is 4.79 Å². The van der Waals surface area contributed by atoms with Crippen LogP contribution in [-0.4, -0.2) is 17.9 Å². The molecule has 5 nitrogen and oxygen atoms in total. The molecular weight excluding hydrogens is 316 g/mol.